The molecule has 0 bridgehead atoms. The van der Waals surface area contributed by atoms with Gasteiger partial charge in [-0.25, -0.2) is 16.8 Å². The fourth-order valence-corrected chi connectivity index (χ4v) is 5.40. The van der Waals surface area contributed by atoms with E-state index in [9.17, 15) is 21.6 Å². The topological polar surface area (TPSA) is 113 Å². The van der Waals surface area contributed by atoms with E-state index in [1.165, 1.54) is 37.4 Å². The van der Waals surface area contributed by atoms with Crippen LogP contribution in [-0.2, 0) is 24.7 Å². The average Bonchev–Trinajstić information content (AvgIpc) is 2.77. The second-order valence-electron chi connectivity index (χ2n) is 7.62. The Hall–Kier alpha value is -3.08. The van der Waals surface area contributed by atoms with Crippen molar-refractivity contribution in [3.63, 3.8) is 0 Å². The zero-order valence-electron chi connectivity index (χ0n) is 18.7. The Labute approximate surface area is 204 Å². The summed E-state index contributed by atoms with van der Waals surface area (Å²) in [5.74, 6) is -0.429. The van der Waals surface area contributed by atoms with E-state index in [1.54, 1.807) is 36.4 Å². The van der Waals surface area contributed by atoms with Crippen molar-refractivity contribution in [3.8, 4) is 0 Å². The third-order valence-corrected chi connectivity index (χ3v) is 8.55. The quantitative estimate of drug-likeness (QED) is 0.464. The summed E-state index contributed by atoms with van der Waals surface area (Å²) in [5, 5.41) is 5.50. The smallest absolute Gasteiger partial charge is 0.243 e. The zero-order valence-corrected chi connectivity index (χ0v) is 21.1. The van der Waals surface area contributed by atoms with E-state index in [0.29, 0.717) is 11.4 Å². The molecule has 0 saturated carbocycles. The van der Waals surface area contributed by atoms with Crippen LogP contribution in [0.4, 0.5) is 17.1 Å². The normalized spacial score (nSPS) is 11.6. The first-order valence-electron chi connectivity index (χ1n) is 10.1. The van der Waals surface area contributed by atoms with E-state index in [4.69, 9.17) is 11.6 Å². The molecule has 2 N–H and O–H groups in total. The Kier molecular flexibility index (Phi) is 7.54. The summed E-state index contributed by atoms with van der Waals surface area (Å²) in [7, 11) is -5.88. The first-order valence-corrected chi connectivity index (χ1v) is 13.8. The lowest BCUT2D eigenvalue weighted by Gasteiger charge is -2.17. The van der Waals surface area contributed by atoms with Gasteiger partial charge in [-0.05, 0) is 49.4 Å². The highest BCUT2D eigenvalue weighted by Crippen LogP contribution is 2.33. The molecule has 0 saturated heterocycles. The molecule has 0 fully saturated rings. The molecular weight excluding hydrogens is 498 g/mol. The van der Waals surface area contributed by atoms with Crippen LogP contribution in [0.1, 0.15) is 5.56 Å². The van der Waals surface area contributed by atoms with Crippen molar-refractivity contribution in [2.24, 2.45) is 0 Å². The molecule has 34 heavy (non-hydrogen) atoms. The molecule has 3 aromatic carbocycles. The monoisotopic (exact) mass is 521 g/mol. The Balaban J connectivity index is 1.73. The number of anilines is 3. The number of sulfonamides is 1. The number of nitrogens with one attached hydrogen (secondary N) is 2. The molecule has 0 spiro atoms. The summed E-state index contributed by atoms with van der Waals surface area (Å²) in [4.78, 5) is 12.5. The van der Waals surface area contributed by atoms with Gasteiger partial charge in [0.25, 0.3) is 0 Å². The third-order valence-electron chi connectivity index (χ3n) is 5.01. The van der Waals surface area contributed by atoms with Crippen molar-refractivity contribution in [2.45, 2.75) is 16.7 Å². The van der Waals surface area contributed by atoms with Crippen LogP contribution in [0.15, 0.2) is 76.5 Å². The van der Waals surface area contributed by atoms with E-state index in [0.717, 1.165) is 16.1 Å². The number of hydrogen-bond acceptors (Lipinski definition) is 6. The molecule has 0 radical (unpaired) electrons. The van der Waals surface area contributed by atoms with Gasteiger partial charge in [0.2, 0.25) is 25.8 Å². The van der Waals surface area contributed by atoms with E-state index in [-0.39, 0.29) is 27.0 Å². The molecule has 0 aliphatic heterocycles. The van der Waals surface area contributed by atoms with Crippen LogP contribution in [0.3, 0.4) is 0 Å². The number of amides is 1. The number of carbonyl (C=O) groups excluding carboxylic acids is 1. The number of halogens is 1. The van der Waals surface area contributed by atoms with Gasteiger partial charge in [-0.15, -0.1) is 0 Å². The Bertz CT molecular complexity index is 1420. The van der Waals surface area contributed by atoms with Crippen molar-refractivity contribution >= 4 is 54.4 Å². The predicted octanol–water partition coefficient (Wildman–Crippen LogP) is 3.93. The lowest BCUT2D eigenvalue weighted by Crippen LogP contribution is -2.25. The highest BCUT2D eigenvalue weighted by molar-refractivity contribution is 7.92. The number of sulfone groups is 1. The lowest BCUT2D eigenvalue weighted by atomic mass is 10.2. The highest BCUT2D eigenvalue weighted by atomic mass is 35.5. The molecule has 0 atom stereocenters. The van der Waals surface area contributed by atoms with E-state index in [1.807, 2.05) is 6.92 Å². The molecule has 3 aromatic rings. The standard InChI is InChI=1S/C23H24ClN3O5S2/c1-16-10-12-19(13-11-16)34(31,32)21-9-5-8-20(23(21)24)25-15-22(28)26-17-6-4-7-18(14-17)27(2)33(3,29)30/h4-14,25H,15H2,1-3H3,(H,26,28). The second-order valence-corrected chi connectivity index (χ2v) is 11.9. The molecule has 11 heteroatoms. The maximum Gasteiger partial charge on any atom is 0.243 e. The first-order chi connectivity index (χ1) is 15.9. The zero-order chi connectivity index (χ0) is 25.1. The van der Waals surface area contributed by atoms with Crippen molar-refractivity contribution in [3.05, 3.63) is 77.3 Å². The maximum absolute atomic E-state index is 13.0. The lowest BCUT2D eigenvalue weighted by molar-refractivity contribution is -0.114. The fourth-order valence-electron chi connectivity index (χ4n) is 3.05. The summed E-state index contributed by atoms with van der Waals surface area (Å²) in [6.07, 6.45) is 1.08. The number of aryl methyl sites for hydroxylation is 1. The largest absolute Gasteiger partial charge is 0.375 e. The number of rotatable bonds is 8. The van der Waals surface area contributed by atoms with Crippen molar-refractivity contribution in [2.75, 3.05) is 34.8 Å². The Morgan fingerprint density at radius 1 is 0.971 bits per heavy atom. The van der Waals surface area contributed by atoms with Crippen LogP contribution >= 0.6 is 11.6 Å². The van der Waals surface area contributed by atoms with Gasteiger partial charge in [0, 0.05) is 12.7 Å². The van der Waals surface area contributed by atoms with E-state index in [2.05, 4.69) is 10.6 Å². The van der Waals surface area contributed by atoms with Crippen LogP contribution in [0.2, 0.25) is 5.02 Å². The number of carbonyl (C=O) groups is 1. The first kappa shape index (κ1) is 25.5. The number of nitrogens with zero attached hydrogens (tertiary/aromatic N) is 1. The predicted molar refractivity (Wildman–Crippen MR) is 135 cm³/mol. The minimum atomic E-state index is -3.85. The van der Waals surface area contributed by atoms with Crippen LogP contribution in [0, 0.1) is 6.92 Å². The molecule has 0 aliphatic carbocycles. The third kappa shape index (κ3) is 5.88. The molecule has 3 rings (SSSR count). The van der Waals surface area contributed by atoms with Crippen LogP contribution in [0.25, 0.3) is 0 Å². The number of benzene rings is 3. The van der Waals surface area contributed by atoms with Crippen molar-refractivity contribution < 1.29 is 21.6 Å². The summed E-state index contributed by atoms with van der Waals surface area (Å²) < 4.78 is 50.6. The molecule has 180 valence electrons. The van der Waals surface area contributed by atoms with Gasteiger partial charge in [0.1, 0.15) is 0 Å². The van der Waals surface area contributed by atoms with Crippen LogP contribution in [0.5, 0.6) is 0 Å². The molecule has 1 amide bonds. The van der Waals surface area contributed by atoms with Crippen molar-refractivity contribution in [1.29, 1.82) is 0 Å². The van der Waals surface area contributed by atoms with Gasteiger partial charge >= 0.3 is 0 Å². The van der Waals surface area contributed by atoms with Crippen molar-refractivity contribution in [1.82, 2.24) is 0 Å². The molecule has 0 heterocycles. The summed E-state index contributed by atoms with van der Waals surface area (Å²) in [6.45, 7) is 1.67. The fraction of sp³-hybridized carbons (Fsp3) is 0.174. The van der Waals surface area contributed by atoms with Gasteiger partial charge < -0.3 is 10.6 Å². The van der Waals surface area contributed by atoms with Gasteiger partial charge in [0.05, 0.1) is 39.0 Å². The minimum absolute atomic E-state index is 0.0207. The molecular formula is C23H24ClN3O5S2. The highest BCUT2D eigenvalue weighted by Gasteiger charge is 2.22. The van der Waals surface area contributed by atoms with Crippen LogP contribution in [-0.4, -0.2) is 42.6 Å². The average molecular weight is 522 g/mol. The summed E-state index contributed by atoms with van der Waals surface area (Å²) in [5.41, 5.74) is 2.02. The molecule has 8 nitrogen and oxygen atoms in total. The molecule has 0 aliphatic rings. The number of hydrogen-bond donors (Lipinski definition) is 2. The van der Waals surface area contributed by atoms with Crippen LogP contribution < -0.4 is 14.9 Å². The Morgan fingerprint density at radius 3 is 2.26 bits per heavy atom. The Morgan fingerprint density at radius 2 is 1.62 bits per heavy atom. The van der Waals surface area contributed by atoms with Gasteiger partial charge in [-0.2, -0.15) is 0 Å². The van der Waals surface area contributed by atoms with Gasteiger partial charge in [-0.3, -0.25) is 9.10 Å². The summed E-state index contributed by atoms with van der Waals surface area (Å²) in [6, 6.07) is 17.3. The SMILES string of the molecule is Cc1ccc(S(=O)(=O)c2cccc(NCC(=O)Nc3cccc(N(C)S(C)(=O)=O)c3)c2Cl)cc1. The van der Waals surface area contributed by atoms with Gasteiger partial charge in [-0.1, -0.05) is 41.4 Å². The van der Waals surface area contributed by atoms with E-state index < -0.39 is 25.8 Å². The van der Waals surface area contributed by atoms with Gasteiger partial charge in [0.15, 0.2) is 0 Å². The molecule has 0 aromatic heterocycles. The molecule has 0 unspecified atom stereocenters. The maximum atomic E-state index is 13.0. The van der Waals surface area contributed by atoms with E-state index >= 15 is 0 Å². The minimum Gasteiger partial charge on any atom is -0.375 e. The summed E-state index contributed by atoms with van der Waals surface area (Å²) >= 11 is 6.38. The second kappa shape index (κ2) is 10.0.